The number of nitrogens with zero attached hydrogens (tertiary/aromatic N) is 4. The minimum absolute atomic E-state index is 0.0787. The van der Waals surface area contributed by atoms with Gasteiger partial charge in [-0.3, -0.25) is 4.68 Å². The van der Waals surface area contributed by atoms with Crippen LogP contribution >= 0.6 is 15.9 Å². The van der Waals surface area contributed by atoms with Crippen molar-refractivity contribution in [2.75, 3.05) is 5.73 Å². The van der Waals surface area contributed by atoms with E-state index in [1.165, 1.54) is 5.56 Å². The number of rotatable bonds is 2. The smallest absolute Gasteiger partial charge is 0.136 e. The van der Waals surface area contributed by atoms with Gasteiger partial charge in [0.2, 0.25) is 0 Å². The number of hydrogen-bond acceptors (Lipinski definition) is 3. The van der Waals surface area contributed by atoms with E-state index in [-0.39, 0.29) is 6.04 Å². The normalized spacial score (nSPS) is 13.0. The van der Waals surface area contributed by atoms with E-state index in [9.17, 15) is 0 Å². The Labute approximate surface area is 109 Å². The van der Waals surface area contributed by atoms with E-state index in [1.54, 1.807) is 10.9 Å². The fourth-order valence-electron chi connectivity index (χ4n) is 2.18. The van der Waals surface area contributed by atoms with Crippen molar-refractivity contribution < 1.29 is 0 Å². The summed E-state index contributed by atoms with van der Waals surface area (Å²) in [6.07, 6.45) is 1.72. The van der Waals surface area contributed by atoms with Crippen molar-refractivity contribution >= 4 is 21.7 Å². The van der Waals surface area contributed by atoms with Gasteiger partial charge in [-0.05, 0) is 36.7 Å². The average molecular weight is 298 g/mol. The standard InChI is InChI=1S/C11H16BrN5/c1-6-10(7(2)16(4)15-6)8(3)17-11(13)9(12)5-14-17/h5,8H,13H2,1-4H3. The van der Waals surface area contributed by atoms with Gasteiger partial charge in [-0.1, -0.05) is 0 Å². The lowest BCUT2D eigenvalue weighted by Gasteiger charge is -2.14. The summed E-state index contributed by atoms with van der Waals surface area (Å²) in [4.78, 5) is 0. The van der Waals surface area contributed by atoms with Gasteiger partial charge in [0.25, 0.3) is 0 Å². The Balaban J connectivity index is 2.50. The Morgan fingerprint density at radius 3 is 2.47 bits per heavy atom. The molecule has 0 saturated carbocycles. The molecule has 2 aromatic rings. The number of anilines is 1. The Morgan fingerprint density at radius 2 is 2.06 bits per heavy atom. The lowest BCUT2D eigenvalue weighted by molar-refractivity contribution is 0.567. The maximum Gasteiger partial charge on any atom is 0.136 e. The lowest BCUT2D eigenvalue weighted by Crippen LogP contribution is -2.13. The molecule has 0 fully saturated rings. The lowest BCUT2D eigenvalue weighted by atomic mass is 10.1. The molecule has 0 aliphatic heterocycles. The molecule has 6 heteroatoms. The Kier molecular flexibility index (Phi) is 2.99. The fourth-order valence-corrected chi connectivity index (χ4v) is 2.45. The van der Waals surface area contributed by atoms with Crippen LogP contribution < -0.4 is 5.73 Å². The third kappa shape index (κ3) is 1.86. The molecule has 0 spiro atoms. The molecule has 1 atom stereocenters. The maximum atomic E-state index is 5.97. The number of nitrogen functional groups attached to an aromatic ring is 1. The summed E-state index contributed by atoms with van der Waals surface area (Å²) >= 11 is 3.37. The van der Waals surface area contributed by atoms with Gasteiger partial charge in [0, 0.05) is 18.3 Å². The number of nitrogens with two attached hydrogens (primary N) is 1. The van der Waals surface area contributed by atoms with Crippen LogP contribution in [0.1, 0.15) is 29.9 Å². The van der Waals surface area contributed by atoms with Crippen LogP contribution in [0.15, 0.2) is 10.7 Å². The molecule has 0 saturated heterocycles. The van der Waals surface area contributed by atoms with Crippen molar-refractivity contribution in [3.05, 3.63) is 27.6 Å². The second kappa shape index (κ2) is 4.18. The van der Waals surface area contributed by atoms with Crippen molar-refractivity contribution in [1.29, 1.82) is 0 Å². The molecule has 0 aromatic carbocycles. The van der Waals surface area contributed by atoms with Gasteiger partial charge in [0.15, 0.2) is 0 Å². The molecule has 2 heterocycles. The molecule has 0 radical (unpaired) electrons. The van der Waals surface area contributed by atoms with E-state index in [0.29, 0.717) is 5.82 Å². The van der Waals surface area contributed by atoms with Crippen LogP contribution in [0.2, 0.25) is 0 Å². The first-order valence-corrected chi connectivity index (χ1v) is 6.21. The van der Waals surface area contributed by atoms with E-state index in [1.807, 2.05) is 18.7 Å². The molecule has 2 N–H and O–H groups in total. The highest BCUT2D eigenvalue weighted by Crippen LogP contribution is 2.28. The van der Waals surface area contributed by atoms with Crippen LogP contribution in [0, 0.1) is 13.8 Å². The third-order valence-corrected chi connectivity index (χ3v) is 3.75. The Morgan fingerprint density at radius 1 is 1.41 bits per heavy atom. The van der Waals surface area contributed by atoms with E-state index in [0.717, 1.165) is 15.9 Å². The highest BCUT2D eigenvalue weighted by Gasteiger charge is 2.20. The highest BCUT2D eigenvalue weighted by molar-refractivity contribution is 9.10. The SMILES string of the molecule is Cc1nn(C)c(C)c1C(C)n1ncc(Br)c1N. The largest absolute Gasteiger partial charge is 0.383 e. The monoisotopic (exact) mass is 297 g/mol. The first-order chi connectivity index (χ1) is 7.93. The molecule has 92 valence electrons. The molecule has 0 amide bonds. The van der Waals surface area contributed by atoms with E-state index >= 15 is 0 Å². The molecule has 5 nitrogen and oxygen atoms in total. The van der Waals surface area contributed by atoms with Gasteiger partial charge < -0.3 is 5.73 Å². The average Bonchev–Trinajstić information content (AvgIpc) is 2.70. The van der Waals surface area contributed by atoms with Gasteiger partial charge >= 0.3 is 0 Å². The molecule has 0 aliphatic carbocycles. The molecule has 2 rings (SSSR count). The molecular weight excluding hydrogens is 282 g/mol. The van der Waals surface area contributed by atoms with Gasteiger partial charge in [-0.2, -0.15) is 10.2 Å². The van der Waals surface area contributed by atoms with Crippen LogP contribution in [0.3, 0.4) is 0 Å². The predicted octanol–water partition coefficient (Wildman–Crippen LogP) is 2.19. The number of aromatic nitrogens is 4. The van der Waals surface area contributed by atoms with Crippen LogP contribution in [0.25, 0.3) is 0 Å². The summed E-state index contributed by atoms with van der Waals surface area (Å²) in [7, 11) is 1.95. The van der Waals surface area contributed by atoms with Crippen molar-refractivity contribution in [2.24, 2.45) is 7.05 Å². The summed E-state index contributed by atoms with van der Waals surface area (Å²) in [6, 6.07) is 0.0787. The zero-order chi connectivity index (χ0) is 12.7. The molecular formula is C11H16BrN5. The summed E-state index contributed by atoms with van der Waals surface area (Å²) in [6.45, 7) is 6.14. The number of aryl methyl sites for hydroxylation is 2. The second-order valence-corrected chi connectivity index (χ2v) is 5.06. The highest BCUT2D eigenvalue weighted by atomic mass is 79.9. The minimum Gasteiger partial charge on any atom is -0.383 e. The molecule has 2 aromatic heterocycles. The van der Waals surface area contributed by atoms with Crippen LogP contribution in [0.4, 0.5) is 5.82 Å². The van der Waals surface area contributed by atoms with Gasteiger partial charge in [-0.25, -0.2) is 4.68 Å². The zero-order valence-corrected chi connectivity index (χ0v) is 12.0. The van der Waals surface area contributed by atoms with E-state index in [4.69, 9.17) is 5.73 Å². The van der Waals surface area contributed by atoms with Crippen LogP contribution in [0.5, 0.6) is 0 Å². The number of halogens is 1. The maximum absolute atomic E-state index is 5.97. The van der Waals surface area contributed by atoms with E-state index < -0.39 is 0 Å². The van der Waals surface area contributed by atoms with Crippen molar-refractivity contribution in [3.8, 4) is 0 Å². The molecule has 0 bridgehead atoms. The zero-order valence-electron chi connectivity index (χ0n) is 10.4. The fraction of sp³-hybridized carbons (Fsp3) is 0.455. The van der Waals surface area contributed by atoms with Crippen molar-refractivity contribution in [3.63, 3.8) is 0 Å². The first-order valence-electron chi connectivity index (χ1n) is 5.42. The quantitative estimate of drug-likeness (QED) is 0.924. The van der Waals surface area contributed by atoms with Gasteiger partial charge in [-0.15, -0.1) is 0 Å². The summed E-state index contributed by atoms with van der Waals surface area (Å²) in [5.74, 6) is 0.639. The molecule has 0 aliphatic rings. The first kappa shape index (κ1) is 12.2. The van der Waals surface area contributed by atoms with E-state index in [2.05, 4.69) is 40.0 Å². The van der Waals surface area contributed by atoms with Gasteiger partial charge in [0.1, 0.15) is 5.82 Å². The second-order valence-electron chi connectivity index (χ2n) is 4.21. The minimum atomic E-state index is 0.0787. The Bertz CT molecular complexity index is 554. The third-order valence-electron chi connectivity index (χ3n) is 3.14. The number of hydrogen-bond donors (Lipinski definition) is 1. The van der Waals surface area contributed by atoms with Crippen molar-refractivity contribution in [2.45, 2.75) is 26.8 Å². The summed E-state index contributed by atoms with van der Waals surface area (Å²) < 4.78 is 4.51. The van der Waals surface area contributed by atoms with Crippen molar-refractivity contribution in [1.82, 2.24) is 19.6 Å². The van der Waals surface area contributed by atoms with Crippen LogP contribution in [-0.4, -0.2) is 19.6 Å². The molecule has 1 unspecified atom stereocenters. The summed E-state index contributed by atoms with van der Waals surface area (Å²) in [5.41, 5.74) is 9.31. The summed E-state index contributed by atoms with van der Waals surface area (Å²) in [5, 5.41) is 8.71. The topological polar surface area (TPSA) is 61.7 Å². The van der Waals surface area contributed by atoms with Crippen LogP contribution in [-0.2, 0) is 7.05 Å². The predicted molar refractivity (Wildman–Crippen MR) is 70.8 cm³/mol. The Hall–Kier alpha value is -1.30. The molecule has 17 heavy (non-hydrogen) atoms. The van der Waals surface area contributed by atoms with Gasteiger partial charge in [0.05, 0.1) is 22.4 Å².